The van der Waals surface area contributed by atoms with Crippen LogP contribution < -0.4 is 9.80 Å². The highest BCUT2D eigenvalue weighted by Gasteiger charge is 2.42. The first-order valence-corrected chi connectivity index (χ1v) is 11.7. The van der Waals surface area contributed by atoms with Gasteiger partial charge in [0.1, 0.15) is 0 Å². The third kappa shape index (κ3) is 3.54. The van der Waals surface area contributed by atoms with Gasteiger partial charge in [-0.3, -0.25) is 14.5 Å². The average molecular weight is 477 g/mol. The Labute approximate surface area is 200 Å². The lowest BCUT2D eigenvalue weighted by Crippen LogP contribution is -2.30. The predicted molar refractivity (Wildman–Crippen MR) is 135 cm³/mol. The number of thioether (sulfide) groups is 1. The fourth-order valence-corrected chi connectivity index (χ4v) is 5.54. The molecule has 0 bridgehead atoms. The molecule has 7 heteroatoms. The van der Waals surface area contributed by atoms with Crippen LogP contribution in [0.2, 0.25) is 5.02 Å². The van der Waals surface area contributed by atoms with Crippen LogP contribution in [0.3, 0.4) is 0 Å². The molecule has 2 aliphatic heterocycles. The zero-order valence-corrected chi connectivity index (χ0v) is 19.2. The number of nitrogens with zero attached hydrogens (tertiary/aromatic N) is 2. The molecular formula is C25H17ClN2O2S2. The number of benzene rings is 3. The highest BCUT2D eigenvalue weighted by Crippen LogP contribution is 2.46. The van der Waals surface area contributed by atoms with E-state index in [0.29, 0.717) is 32.1 Å². The first-order chi connectivity index (χ1) is 15.6. The van der Waals surface area contributed by atoms with Crippen LogP contribution in [-0.4, -0.2) is 22.7 Å². The normalized spacial score (nSPS) is 18.0. The van der Waals surface area contributed by atoms with Crippen LogP contribution in [0.4, 0.5) is 11.4 Å². The number of anilines is 2. The Morgan fingerprint density at radius 1 is 0.812 bits per heavy atom. The van der Waals surface area contributed by atoms with Crippen LogP contribution in [0, 0.1) is 0 Å². The summed E-state index contributed by atoms with van der Waals surface area (Å²) in [7, 11) is 0. The number of hydrogen-bond donors (Lipinski definition) is 0. The molecule has 3 aromatic carbocycles. The van der Waals surface area contributed by atoms with E-state index >= 15 is 0 Å². The second kappa shape index (κ2) is 8.54. The minimum Gasteiger partial charge on any atom is -0.307 e. The van der Waals surface area contributed by atoms with Gasteiger partial charge in [-0.2, -0.15) is 0 Å². The quantitative estimate of drug-likeness (QED) is 0.357. The molecule has 0 unspecified atom stereocenters. The van der Waals surface area contributed by atoms with Crippen molar-refractivity contribution in [1.29, 1.82) is 0 Å². The second-order valence-corrected chi connectivity index (χ2v) is 9.42. The van der Waals surface area contributed by atoms with Gasteiger partial charge in [0.25, 0.3) is 11.8 Å². The lowest BCUT2D eigenvalue weighted by molar-refractivity contribution is -0.115. The molecule has 3 aromatic rings. The molecule has 1 fully saturated rings. The van der Waals surface area contributed by atoms with Crippen molar-refractivity contribution in [2.45, 2.75) is 6.42 Å². The summed E-state index contributed by atoms with van der Waals surface area (Å²) in [5.41, 5.74) is 3.64. The van der Waals surface area contributed by atoms with Crippen molar-refractivity contribution >= 4 is 68.7 Å². The summed E-state index contributed by atoms with van der Waals surface area (Å²) in [4.78, 5) is 30.5. The van der Waals surface area contributed by atoms with E-state index in [1.165, 1.54) is 4.90 Å². The summed E-state index contributed by atoms with van der Waals surface area (Å²) in [6.45, 7) is 0.522. The fraction of sp³-hybridized carbons (Fsp3) is 0.0800. The Morgan fingerprint density at radius 2 is 1.47 bits per heavy atom. The van der Waals surface area contributed by atoms with Gasteiger partial charge in [-0.15, -0.1) is 0 Å². The Balaban J connectivity index is 1.53. The van der Waals surface area contributed by atoms with Crippen LogP contribution in [0.5, 0.6) is 0 Å². The highest BCUT2D eigenvalue weighted by molar-refractivity contribution is 8.27. The molecule has 1 saturated heterocycles. The van der Waals surface area contributed by atoms with Crippen LogP contribution in [0.1, 0.15) is 11.1 Å². The summed E-state index contributed by atoms with van der Waals surface area (Å²) in [5, 5.41) is 0.428. The van der Waals surface area contributed by atoms with Gasteiger partial charge in [-0.05, 0) is 30.2 Å². The summed E-state index contributed by atoms with van der Waals surface area (Å²) in [6, 6.07) is 24.7. The number of rotatable bonds is 4. The zero-order chi connectivity index (χ0) is 22.2. The van der Waals surface area contributed by atoms with E-state index in [-0.39, 0.29) is 11.8 Å². The van der Waals surface area contributed by atoms with E-state index in [9.17, 15) is 9.59 Å². The van der Waals surface area contributed by atoms with Crippen molar-refractivity contribution in [2.24, 2.45) is 0 Å². The van der Waals surface area contributed by atoms with E-state index in [0.717, 1.165) is 35.0 Å². The van der Waals surface area contributed by atoms with Crippen molar-refractivity contribution < 1.29 is 9.59 Å². The Hall–Kier alpha value is -2.93. The molecule has 0 aliphatic carbocycles. The summed E-state index contributed by atoms with van der Waals surface area (Å²) in [6.07, 6.45) is 0.717. The molecule has 2 aliphatic rings. The molecule has 2 heterocycles. The number of para-hydroxylation sites is 2. The maximum Gasteiger partial charge on any atom is 0.271 e. The summed E-state index contributed by atoms with van der Waals surface area (Å²) >= 11 is 13.0. The number of thiocarbonyl (C=S) groups is 1. The van der Waals surface area contributed by atoms with E-state index in [1.54, 1.807) is 29.2 Å². The molecule has 158 valence electrons. The zero-order valence-electron chi connectivity index (χ0n) is 16.8. The SMILES string of the molecule is O=C1C(=C2SC(=S)N(c3ccccc3Cl)C2=O)c2ccccc2N1CCc1ccccc1. The topological polar surface area (TPSA) is 40.6 Å². The number of carbonyl (C=O) groups excluding carboxylic acids is 2. The Kier molecular flexibility index (Phi) is 5.59. The van der Waals surface area contributed by atoms with Gasteiger partial charge in [0.05, 0.1) is 26.9 Å². The molecular weight excluding hydrogens is 460 g/mol. The number of hydrogen-bond acceptors (Lipinski definition) is 4. The Morgan fingerprint density at radius 3 is 2.22 bits per heavy atom. The van der Waals surface area contributed by atoms with E-state index in [4.69, 9.17) is 23.8 Å². The molecule has 2 amide bonds. The van der Waals surface area contributed by atoms with Gasteiger partial charge < -0.3 is 4.90 Å². The van der Waals surface area contributed by atoms with Gasteiger partial charge in [0.15, 0.2) is 4.32 Å². The number of halogens is 1. The second-order valence-electron chi connectivity index (χ2n) is 7.37. The molecule has 0 atom stereocenters. The highest BCUT2D eigenvalue weighted by atomic mass is 35.5. The maximum absolute atomic E-state index is 13.5. The van der Waals surface area contributed by atoms with E-state index < -0.39 is 0 Å². The van der Waals surface area contributed by atoms with Crippen molar-refractivity contribution in [3.8, 4) is 0 Å². The largest absolute Gasteiger partial charge is 0.307 e. The van der Waals surface area contributed by atoms with Gasteiger partial charge in [0, 0.05) is 12.1 Å². The van der Waals surface area contributed by atoms with Gasteiger partial charge >= 0.3 is 0 Å². The van der Waals surface area contributed by atoms with Crippen molar-refractivity contribution in [3.63, 3.8) is 0 Å². The minimum atomic E-state index is -0.323. The van der Waals surface area contributed by atoms with E-state index in [1.807, 2.05) is 54.6 Å². The smallest absolute Gasteiger partial charge is 0.271 e. The molecule has 0 radical (unpaired) electrons. The van der Waals surface area contributed by atoms with Gasteiger partial charge in [-0.25, -0.2) is 0 Å². The third-order valence-electron chi connectivity index (χ3n) is 5.48. The third-order valence-corrected chi connectivity index (χ3v) is 7.17. The molecule has 0 aromatic heterocycles. The lowest BCUT2D eigenvalue weighted by atomic mass is 10.1. The first kappa shape index (κ1) is 20.9. The Bertz CT molecular complexity index is 1290. The minimum absolute atomic E-state index is 0.179. The van der Waals surface area contributed by atoms with Gasteiger partial charge in [-0.1, -0.05) is 96.2 Å². The van der Waals surface area contributed by atoms with Crippen molar-refractivity contribution in [1.82, 2.24) is 0 Å². The van der Waals surface area contributed by atoms with Crippen molar-refractivity contribution in [3.05, 3.63) is 99.9 Å². The number of amides is 2. The standard InChI is InChI=1S/C25H17ClN2O2S2/c26-18-11-5-7-13-20(18)28-24(30)22(32-25(28)31)21-17-10-4-6-12-19(17)27(23(21)29)15-14-16-8-2-1-3-9-16/h1-13H,14-15H2. The van der Waals surface area contributed by atoms with Crippen LogP contribution >= 0.6 is 35.6 Å². The average Bonchev–Trinajstić information content (AvgIpc) is 3.25. The molecule has 0 saturated carbocycles. The van der Waals surface area contributed by atoms with Crippen LogP contribution in [0.15, 0.2) is 83.8 Å². The van der Waals surface area contributed by atoms with Crippen molar-refractivity contribution in [2.75, 3.05) is 16.3 Å². The molecule has 0 spiro atoms. The lowest BCUT2D eigenvalue weighted by Gasteiger charge is -2.17. The predicted octanol–water partition coefficient (Wildman–Crippen LogP) is 5.71. The fourth-order valence-electron chi connectivity index (χ4n) is 3.97. The molecule has 4 nitrogen and oxygen atoms in total. The van der Waals surface area contributed by atoms with Gasteiger partial charge in [0.2, 0.25) is 0 Å². The molecule has 0 N–H and O–H groups in total. The molecule has 5 rings (SSSR count). The van der Waals surface area contributed by atoms with Crippen LogP contribution in [-0.2, 0) is 16.0 Å². The maximum atomic E-state index is 13.5. The molecule has 32 heavy (non-hydrogen) atoms. The summed E-state index contributed by atoms with van der Waals surface area (Å²) < 4.78 is 0.360. The first-order valence-electron chi connectivity index (χ1n) is 10.1. The number of carbonyl (C=O) groups is 2. The van der Waals surface area contributed by atoms with Crippen LogP contribution in [0.25, 0.3) is 5.57 Å². The number of fused-ring (bicyclic) bond motifs is 1. The summed E-state index contributed by atoms with van der Waals surface area (Å²) in [5.74, 6) is -0.502. The van der Waals surface area contributed by atoms with E-state index in [2.05, 4.69) is 0 Å². The monoisotopic (exact) mass is 476 g/mol.